The molecule has 0 spiro atoms. The maximum Gasteiger partial charge on any atom is 0.272 e. The molecule has 2 N–H and O–H groups in total. The predicted molar refractivity (Wildman–Crippen MR) is 81.0 cm³/mol. The van der Waals surface area contributed by atoms with Crippen molar-refractivity contribution < 1.29 is 4.79 Å². The molecule has 1 aliphatic carbocycles. The zero-order chi connectivity index (χ0) is 13.2. The molecule has 0 atom stereocenters. The van der Waals surface area contributed by atoms with E-state index in [4.69, 9.17) is 5.73 Å². The quantitative estimate of drug-likeness (QED) is 0.912. The van der Waals surface area contributed by atoms with E-state index in [9.17, 15) is 4.79 Å². The van der Waals surface area contributed by atoms with E-state index in [-0.39, 0.29) is 18.3 Å². The number of carbonyl (C=O) groups is 1. The van der Waals surface area contributed by atoms with Crippen molar-refractivity contribution in [3.8, 4) is 0 Å². The van der Waals surface area contributed by atoms with Gasteiger partial charge in [0, 0.05) is 32.7 Å². The summed E-state index contributed by atoms with van der Waals surface area (Å²) in [7, 11) is 0. The van der Waals surface area contributed by atoms with E-state index in [2.05, 4.69) is 9.88 Å². The lowest BCUT2D eigenvalue weighted by Crippen LogP contribution is -2.49. The van der Waals surface area contributed by atoms with Crippen LogP contribution in [-0.4, -0.2) is 53.4 Å². The molecule has 1 saturated carbocycles. The number of nitrogen functional groups attached to an aromatic ring is 1. The van der Waals surface area contributed by atoms with Gasteiger partial charge in [-0.3, -0.25) is 9.69 Å². The van der Waals surface area contributed by atoms with Crippen LogP contribution in [0.3, 0.4) is 0 Å². The van der Waals surface area contributed by atoms with Gasteiger partial charge in [-0.15, -0.1) is 12.4 Å². The number of hydrogen-bond acceptors (Lipinski definition) is 4. The monoisotopic (exact) mass is 296 g/mol. The fourth-order valence-electron chi connectivity index (χ4n) is 2.53. The number of pyridine rings is 1. The van der Waals surface area contributed by atoms with Crippen LogP contribution in [-0.2, 0) is 0 Å². The van der Waals surface area contributed by atoms with Gasteiger partial charge in [-0.25, -0.2) is 4.98 Å². The second-order valence-electron chi connectivity index (χ2n) is 5.48. The molecule has 6 heteroatoms. The van der Waals surface area contributed by atoms with Crippen molar-refractivity contribution in [3.63, 3.8) is 0 Å². The van der Waals surface area contributed by atoms with E-state index < -0.39 is 0 Å². The number of amides is 1. The molecule has 0 unspecified atom stereocenters. The van der Waals surface area contributed by atoms with Gasteiger partial charge in [0.15, 0.2) is 0 Å². The molecule has 3 rings (SSSR count). The molecule has 2 heterocycles. The summed E-state index contributed by atoms with van der Waals surface area (Å²) < 4.78 is 0. The van der Waals surface area contributed by atoms with Crippen molar-refractivity contribution in [3.05, 3.63) is 23.9 Å². The molecule has 2 aliphatic rings. The molecule has 0 aromatic carbocycles. The Morgan fingerprint density at radius 3 is 2.55 bits per heavy atom. The Bertz CT molecular complexity index is 470. The number of hydrogen-bond donors (Lipinski definition) is 1. The van der Waals surface area contributed by atoms with Crippen molar-refractivity contribution in [2.75, 3.05) is 38.5 Å². The van der Waals surface area contributed by atoms with Crippen LogP contribution in [0.2, 0.25) is 0 Å². The SMILES string of the molecule is Cl.Nc1cccc(C(=O)N2CCN(CC3CC3)CC2)n1. The molecule has 1 aromatic heterocycles. The van der Waals surface area contributed by atoms with Crippen molar-refractivity contribution in [2.24, 2.45) is 5.92 Å². The fraction of sp³-hybridized carbons (Fsp3) is 0.571. The molecular formula is C14H21ClN4O. The summed E-state index contributed by atoms with van der Waals surface area (Å²) in [5.41, 5.74) is 6.07. The first-order chi connectivity index (χ1) is 9.22. The fourth-order valence-corrected chi connectivity index (χ4v) is 2.53. The Kier molecular flexibility index (Phi) is 4.83. The zero-order valence-corrected chi connectivity index (χ0v) is 12.3. The summed E-state index contributed by atoms with van der Waals surface area (Å²) >= 11 is 0. The van der Waals surface area contributed by atoms with Crippen LogP contribution in [0.4, 0.5) is 5.82 Å². The Labute approximate surface area is 125 Å². The van der Waals surface area contributed by atoms with Gasteiger partial charge in [-0.2, -0.15) is 0 Å². The molecule has 1 saturated heterocycles. The van der Waals surface area contributed by atoms with Crippen LogP contribution in [0.1, 0.15) is 23.3 Å². The topological polar surface area (TPSA) is 62.5 Å². The smallest absolute Gasteiger partial charge is 0.272 e. The summed E-state index contributed by atoms with van der Waals surface area (Å²) in [5.74, 6) is 1.31. The van der Waals surface area contributed by atoms with E-state index in [1.807, 2.05) is 4.90 Å². The Morgan fingerprint density at radius 2 is 1.95 bits per heavy atom. The molecule has 5 nitrogen and oxygen atoms in total. The lowest BCUT2D eigenvalue weighted by Gasteiger charge is -2.34. The molecule has 0 radical (unpaired) electrons. The molecule has 1 aliphatic heterocycles. The van der Waals surface area contributed by atoms with Crippen molar-refractivity contribution in [1.82, 2.24) is 14.8 Å². The average Bonchev–Trinajstić information content (AvgIpc) is 3.23. The number of nitrogens with two attached hydrogens (primary N) is 1. The van der Waals surface area contributed by atoms with Gasteiger partial charge < -0.3 is 10.6 Å². The Morgan fingerprint density at radius 1 is 1.25 bits per heavy atom. The maximum absolute atomic E-state index is 12.3. The van der Waals surface area contributed by atoms with E-state index in [0.29, 0.717) is 11.5 Å². The summed E-state index contributed by atoms with van der Waals surface area (Å²) in [4.78, 5) is 20.7. The van der Waals surface area contributed by atoms with Crippen LogP contribution < -0.4 is 5.73 Å². The third-order valence-electron chi connectivity index (χ3n) is 3.86. The molecule has 1 amide bonds. The predicted octanol–water partition coefficient (Wildman–Crippen LogP) is 1.25. The van der Waals surface area contributed by atoms with Crippen LogP contribution in [0.25, 0.3) is 0 Å². The number of rotatable bonds is 3. The number of aromatic nitrogens is 1. The maximum atomic E-state index is 12.3. The van der Waals surface area contributed by atoms with Crippen molar-refractivity contribution in [2.45, 2.75) is 12.8 Å². The first-order valence-corrected chi connectivity index (χ1v) is 6.96. The minimum absolute atomic E-state index is 0. The van der Waals surface area contributed by atoms with Crippen molar-refractivity contribution in [1.29, 1.82) is 0 Å². The molecule has 1 aromatic rings. The first kappa shape index (κ1) is 15.1. The molecular weight excluding hydrogens is 276 g/mol. The van der Waals surface area contributed by atoms with Gasteiger partial charge in [0.25, 0.3) is 5.91 Å². The van der Waals surface area contributed by atoms with Gasteiger partial charge >= 0.3 is 0 Å². The van der Waals surface area contributed by atoms with Crippen LogP contribution in [0, 0.1) is 5.92 Å². The Balaban J connectivity index is 0.00000147. The highest BCUT2D eigenvalue weighted by molar-refractivity contribution is 5.92. The van der Waals surface area contributed by atoms with Gasteiger partial charge in [0.05, 0.1) is 0 Å². The number of nitrogens with zero attached hydrogens (tertiary/aromatic N) is 3. The minimum Gasteiger partial charge on any atom is -0.384 e. The number of anilines is 1. The molecule has 110 valence electrons. The zero-order valence-electron chi connectivity index (χ0n) is 11.5. The third-order valence-corrected chi connectivity index (χ3v) is 3.86. The van der Waals surface area contributed by atoms with Gasteiger partial charge in [0.2, 0.25) is 0 Å². The Hall–Kier alpha value is -1.33. The number of halogens is 1. The van der Waals surface area contributed by atoms with Crippen LogP contribution in [0.15, 0.2) is 18.2 Å². The lowest BCUT2D eigenvalue weighted by atomic mass is 10.2. The van der Waals surface area contributed by atoms with E-state index in [1.165, 1.54) is 19.4 Å². The summed E-state index contributed by atoms with van der Waals surface area (Å²) in [6, 6.07) is 5.21. The number of carbonyl (C=O) groups excluding carboxylic acids is 1. The largest absolute Gasteiger partial charge is 0.384 e. The first-order valence-electron chi connectivity index (χ1n) is 6.96. The van der Waals surface area contributed by atoms with Crippen molar-refractivity contribution >= 4 is 24.1 Å². The summed E-state index contributed by atoms with van der Waals surface area (Å²) in [6.45, 7) is 4.75. The number of piperazine rings is 1. The van der Waals surface area contributed by atoms with Gasteiger partial charge in [0.1, 0.15) is 11.5 Å². The van der Waals surface area contributed by atoms with E-state index >= 15 is 0 Å². The van der Waals surface area contributed by atoms with Gasteiger partial charge in [-0.1, -0.05) is 6.07 Å². The highest BCUT2D eigenvalue weighted by atomic mass is 35.5. The van der Waals surface area contributed by atoms with E-state index in [0.717, 1.165) is 32.1 Å². The summed E-state index contributed by atoms with van der Waals surface area (Å²) in [6.07, 6.45) is 2.76. The van der Waals surface area contributed by atoms with Crippen LogP contribution >= 0.6 is 12.4 Å². The molecule has 2 fully saturated rings. The average molecular weight is 297 g/mol. The minimum atomic E-state index is -0.00151. The third kappa shape index (κ3) is 3.61. The summed E-state index contributed by atoms with van der Waals surface area (Å²) in [5, 5.41) is 0. The molecule has 20 heavy (non-hydrogen) atoms. The highest BCUT2D eigenvalue weighted by Crippen LogP contribution is 2.29. The normalized spacial score (nSPS) is 19.5. The standard InChI is InChI=1S/C14H20N4O.ClH/c15-13-3-1-2-12(16-13)14(19)18-8-6-17(7-9-18)10-11-4-5-11;/h1-3,11H,4-10H2,(H2,15,16);1H. The lowest BCUT2D eigenvalue weighted by molar-refractivity contribution is 0.0626. The van der Waals surface area contributed by atoms with Crippen LogP contribution in [0.5, 0.6) is 0 Å². The second-order valence-corrected chi connectivity index (χ2v) is 5.48. The highest BCUT2D eigenvalue weighted by Gasteiger charge is 2.28. The molecule has 0 bridgehead atoms. The van der Waals surface area contributed by atoms with E-state index in [1.54, 1.807) is 18.2 Å². The second kappa shape index (κ2) is 6.41. The van der Waals surface area contributed by atoms with Gasteiger partial charge in [-0.05, 0) is 30.9 Å².